The second kappa shape index (κ2) is 5.87. The molecule has 1 atom stereocenters. The first-order valence-electron chi connectivity index (χ1n) is 7.45. The minimum absolute atomic E-state index is 0.199. The Kier molecular flexibility index (Phi) is 3.71. The van der Waals surface area contributed by atoms with Crippen LogP contribution in [-0.4, -0.2) is 17.6 Å². The number of thiazole rings is 1. The number of halogens is 1. The van der Waals surface area contributed by atoms with E-state index in [9.17, 15) is 0 Å². The fourth-order valence-corrected chi connectivity index (χ4v) is 3.53. The number of hydrogen-bond donors (Lipinski definition) is 1. The number of anilines is 1. The van der Waals surface area contributed by atoms with Crippen LogP contribution < -0.4 is 10.1 Å². The van der Waals surface area contributed by atoms with Crippen molar-refractivity contribution in [3.63, 3.8) is 0 Å². The number of benzene rings is 2. The van der Waals surface area contributed by atoms with Crippen LogP contribution >= 0.6 is 22.9 Å². The molecule has 0 aliphatic carbocycles. The Morgan fingerprint density at radius 1 is 1.17 bits per heavy atom. The van der Waals surface area contributed by atoms with E-state index in [0.717, 1.165) is 44.8 Å². The predicted molar refractivity (Wildman–Crippen MR) is 96.6 cm³/mol. The summed E-state index contributed by atoms with van der Waals surface area (Å²) in [5, 5.41) is 7.21. The van der Waals surface area contributed by atoms with Crippen LogP contribution in [0.5, 0.6) is 5.75 Å². The molecule has 23 heavy (non-hydrogen) atoms. The average molecular weight is 343 g/mol. The van der Waals surface area contributed by atoms with Crippen LogP contribution in [0.25, 0.3) is 21.8 Å². The van der Waals surface area contributed by atoms with Gasteiger partial charge in [0.1, 0.15) is 16.9 Å². The van der Waals surface area contributed by atoms with Gasteiger partial charge in [0.15, 0.2) is 0 Å². The molecule has 0 saturated heterocycles. The van der Waals surface area contributed by atoms with E-state index in [0.29, 0.717) is 0 Å². The maximum atomic E-state index is 5.94. The van der Waals surface area contributed by atoms with E-state index >= 15 is 0 Å². The second-order valence-electron chi connectivity index (χ2n) is 5.57. The SMILES string of the molecule is CC1CNc2cc(-c3nc(-c4ccc(Cl)cc4)cs3)ccc2O1. The Morgan fingerprint density at radius 2 is 1.96 bits per heavy atom. The van der Waals surface area contributed by atoms with Gasteiger partial charge in [-0.3, -0.25) is 0 Å². The Bertz CT molecular complexity index is 844. The van der Waals surface area contributed by atoms with Crippen molar-refractivity contribution >= 4 is 28.6 Å². The fraction of sp³-hybridized carbons (Fsp3) is 0.167. The van der Waals surface area contributed by atoms with Crippen molar-refractivity contribution in [1.29, 1.82) is 0 Å². The third-order valence-electron chi connectivity index (χ3n) is 3.78. The molecule has 0 bridgehead atoms. The molecule has 2 heterocycles. The molecule has 1 aliphatic heterocycles. The molecule has 1 aromatic heterocycles. The molecule has 1 aliphatic rings. The molecule has 0 amide bonds. The Hall–Kier alpha value is -2.04. The molecule has 5 heteroatoms. The van der Waals surface area contributed by atoms with E-state index in [4.69, 9.17) is 21.3 Å². The summed E-state index contributed by atoms with van der Waals surface area (Å²) in [6.45, 7) is 2.88. The van der Waals surface area contributed by atoms with Crippen molar-refractivity contribution < 1.29 is 4.74 Å². The van der Waals surface area contributed by atoms with Gasteiger partial charge in [-0.25, -0.2) is 4.98 Å². The van der Waals surface area contributed by atoms with E-state index in [2.05, 4.69) is 29.8 Å². The number of ether oxygens (including phenoxy) is 1. The zero-order valence-corrected chi connectivity index (χ0v) is 14.1. The predicted octanol–water partition coefficient (Wildman–Crippen LogP) is 5.32. The van der Waals surface area contributed by atoms with Gasteiger partial charge in [-0.2, -0.15) is 0 Å². The highest BCUT2D eigenvalue weighted by Crippen LogP contribution is 2.36. The van der Waals surface area contributed by atoms with Gasteiger partial charge in [0.25, 0.3) is 0 Å². The summed E-state index contributed by atoms with van der Waals surface area (Å²) < 4.78 is 5.82. The van der Waals surface area contributed by atoms with Crippen molar-refractivity contribution in [1.82, 2.24) is 4.98 Å². The van der Waals surface area contributed by atoms with Crippen LogP contribution in [0.4, 0.5) is 5.69 Å². The number of nitrogens with zero attached hydrogens (tertiary/aromatic N) is 1. The third-order valence-corrected chi connectivity index (χ3v) is 4.92. The van der Waals surface area contributed by atoms with E-state index in [1.54, 1.807) is 11.3 Å². The summed E-state index contributed by atoms with van der Waals surface area (Å²) in [7, 11) is 0. The van der Waals surface area contributed by atoms with Crippen molar-refractivity contribution in [2.45, 2.75) is 13.0 Å². The number of nitrogens with one attached hydrogen (secondary N) is 1. The molecule has 0 spiro atoms. The first-order valence-corrected chi connectivity index (χ1v) is 8.71. The van der Waals surface area contributed by atoms with Crippen LogP contribution in [0.15, 0.2) is 47.8 Å². The molecule has 0 saturated carbocycles. The van der Waals surface area contributed by atoms with Crippen molar-refractivity contribution in [2.75, 3.05) is 11.9 Å². The number of hydrogen-bond acceptors (Lipinski definition) is 4. The smallest absolute Gasteiger partial charge is 0.142 e. The van der Waals surface area contributed by atoms with Crippen molar-refractivity contribution in [2.24, 2.45) is 0 Å². The highest BCUT2D eigenvalue weighted by molar-refractivity contribution is 7.13. The summed E-state index contributed by atoms with van der Waals surface area (Å²) in [5.41, 5.74) is 4.17. The van der Waals surface area contributed by atoms with E-state index in [1.165, 1.54) is 0 Å². The van der Waals surface area contributed by atoms with Crippen molar-refractivity contribution in [3.05, 3.63) is 52.9 Å². The van der Waals surface area contributed by atoms with Crippen LogP contribution in [0.1, 0.15) is 6.92 Å². The minimum Gasteiger partial charge on any atom is -0.487 e. The standard InChI is InChI=1S/C18H15ClN2OS/c1-11-9-20-15-8-13(4-7-17(15)22-11)18-21-16(10-23-18)12-2-5-14(19)6-3-12/h2-8,10-11,20H,9H2,1H3. The highest BCUT2D eigenvalue weighted by Gasteiger charge is 2.16. The van der Waals surface area contributed by atoms with Crippen LogP contribution in [-0.2, 0) is 0 Å². The van der Waals surface area contributed by atoms with Crippen LogP contribution in [0.3, 0.4) is 0 Å². The summed E-state index contributed by atoms with van der Waals surface area (Å²) in [5.74, 6) is 0.905. The molecule has 4 rings (SSSR count). The number of aromatic nitrogens is 1. The van der Waals surface area contributed by atoms with Crippen molar-refractivity contribution in [3.8, 4) is 27.6 Å². The monoisotopic (exact) mass is 342 g/mol. The maximum Gasteiger partial charge on any atom is 0.142 e. The average Bonchev–Trinajstić information content (AvgIpc) is 3.05. The first-order chi connectivity index (χ1) is 11.2. The van der Waals surface area contributed by atoms with Gasteiger partial charge >= 0.3 is 0 Å². The van der Waals surface area contributed by atoms with Gasteiger partial charge in [0, 0.05) is 21.5 Å². The second-order valence-corrected chi connectivity index (χ2v) is 6.86. The molecule has 1 unspecified atom stereocenters. The Labute approximate surface area is 143 Å². The lowest BCUT2D eigenvalue weighted by molar-refractivity contribution is 0.226. The third kappa shape index (κ3) is 2.92. The van der Waals surface area contributed by atoms with E-state index < -0.39 is 0 Å². The molecule has 3 aromatic rings. The topological polar surface area (TPSA) is 34.2 Å². The first kappa shape index (κ1) is 14.5. The molecule has 116 valence electrons. The number of fused-ring (bicyclic) bond motifs is 1. The quantitative estimate of drug-likeness (QED) is 0.684. The number of rotatable bonds is 2. The zero-order valence-electron chi connectivity index (χ0n) is 12.5. The largest absolute Gasteiger partial charge is 0.487 e. The summed E-state index contributed by atoms with van der Waals surface area (Å²) in [6, 6.07) is 13.9. The highest BCUT2D eigenvalue weighted by atomic mass is 35.5. The van der Waals surface area contributed by atoms with Gasteiger partial charge in [-0.1, -0.05) is 23.7 Å². The molecular formula is C18H15ClN2OS. The summed E-state index contributed by atoms with van der Waals surface area (Å²) in [4.78, 5) is 4.75. The maximum absolute atomic E-state index is 5.94. The van der Waals surface area contributed by atoms with Crippen LogP contribution in [0.2, 0.25) is 5.02 Å². The van der Waals surface area contributed by atoms with Gasteiger partial charge in [-0.05, 0) is 37.3 Å². The Morgan fingerprint density at radius 3 is 2.78 bits per heavy atom. The Balaban J connectivity index is 1.65. The van der Waals surface area contributed by atoms with Gasteiger partial charge in [0.2, 0.25) is 0 Å². The normalized spacial score (nSPS) is 16.3. The van der Waals surface area contributed by atoms with E-state index in [1.807, 2.05) is 30.3 Å². The molecule has 2 aromatic carbocycles. The molecule has 1 N–H and O–H groups in total. The molecule has 3 nitrogen and oxygen atoms in total. The molecule has 0 radical (unpaired) electrons. The summed E-state index contributed by atoms with van der Waals surface area (Å²) in [6.07, 6.45) is 0.199. The molecule has 0 fully saturated rings. The van der Waals surface area contributed by atoms with Gasteiger partial charge < -0.3 is 10.1 Å². The van der Waals surface area contributed by atoms with Gasteiger partial charge in [-0.15, -0.1) is 11.3 Å². The van der Waals surface area contributed by atoms with Gasteiger partial charge in [0.05, 0.1) is 17.9 Å². The lowest BCUT2D eigenvalue weighted by Crippen LogP contribution is -2.27. The molecular weight excluding hydrogens is 328 g/mol. The van der Waals surface area contributed by atoms with Crippen LogP contribution in [0, 0.1) is 0 Å². The summed E-state index contributed by atoms with van der Waals surface area (Å²) >= 11 is 7.58. The fourth-order valence-electron chi connectivity index (χ4n) is 2.58. The lowest BCUT2D eigenvalue weighted by atomic mass is 10.1. The zero-order chi connectivity index (χ0) is 15.8. The minimum atomic E-state index is 0.199. The lowest BCUT2D eigenvalue weighted by Gasteiger charge is -2.25. The van der Waals surface area contributed by atoms with E-state index in [-0.39, 0.29) is 6.10 Å².